The van der Waals surface area contributed by atoms with Gasteiger partial charge in [0.1, 0.15) is 0 Å². The van der Waals surface area contributed by atoms with Gasteiger partial charge in [0.2, 0.25) is 10.0 Å². The van der Waals surface area contributed by atoms with Crippen molar-refractivity contribution in [3.05, 3.63) is 35.4 Å². The second-order valence-corrected chi connectivity index (χ2v) is 6.29. The van der Waals surface area contributed by atoms with E-state index in [0.717, 1.165) is 7.05 Å². The third-order valence-electron chi connectivity index (χ3n) is 2.66. The molecule has 20 heavy (non-hydrogen) atoms. The first-order valence-corrected chi connectivity index (χ1v) is 7.25. The number of hydrogen-bond acceptors (Lipinski definition) is 3. The van der Waals surface area contributed by atoms with Gasteiger partial charge < -0.3 is 0 Å². The molecule has 8 heteroatoms. The summed E-state index contributed by atoms with van der Waals surface area (Å²) in [6, 6.07) is 7.93. The monoisotopic (exact) mass is 306 g/mol. The summed E-state index contributed by atoms with van der Waals surface area (Å²) < 4.78 is 60.8. The van der Waals surface area contributed by atoms with Crippen LogP contribution in [0.25, 0.3) is 0 Å². The first kappa shape index (κ1) is 16.5. The molecule has 4 nitrogen and oxygen atoms in total. The molecule has 0 saturated heterocycles. The highest BCUT2D eigenvalue weighted by Gasteiger charge is 2.30. The molecular weight excluding hydrogens is 293 g/mol. The predicted octanol–water partition coefficient (Wildman–Crippen LogP) is 2.27. The Morgan fingerprint density at radius 1 is 1.30 bits per heavy atom. The largest absolute Gasteiger partial charge is 0.390 e. The fraction of sp³-hybridized carbons (Fsp3) is 0.417. The second kappa shape index (κ2) is 6.24. The molecule has 0 aliphatic heterocycles. The van der Waals surface area contributed by atoms with Gasteiger partial charge in [-0.3, -0.25) is 0 Å². The van der Waals surface area contributed by atoms with Crippen LogP contribution in [0, 0.1) is 11.3 Å². The SMILES string of the molecule is CN(CCC(F)(F)F)S(=O)(=O)Cc1ccccc1C#N. The molecule has 1 rings (SSSR count). The lowest BCUT2D eigenvalue weighted by molar-refractivity contribution is -0.135. The van der Waals surface area contributed by atoms with E-state index in [4.69, 9.17) is 5.26 Å². The molecule has 0 aromatic heterocycles. The molecule has 0 atom stereocenters. The summed E-state index contributed by atoms with van der Waals surface area (Å²) in [6.45, 7) is -0.638. The van der Waals surface area contributed by atoms with E-state index in [1.54, 1.807) is 12.1 Å². The average molecular weight is 306 g/mol. The predicted molar refractivity (Wildman–Crippen MR) is 67.1 cm³/mol. The van der Waals surface area contributed by atoms with Crippen LogP contribution in [0.2, 0.25) is 0 Å². The van der Waals surface area contributed by atoms with Gasteiger partial charge in [-0.05, 0) is 11.6 Å². The van der Waals surface area contributed by atoms with Gasteiger partial charge in [-0.2, -0.15) is 18.4 Å². The highest BCUT2D eigenvalue weighted by Crippen LogP contribution is 2.21. The number of sulfonamides is 1. The molecule has 0 radical (unpaired) electrons. The Morgan fingerprint density at radius 3 is 2.45 bits per heavy atom. The van der Waals surface area contributed by atoms with Crippen LogP contribution in [0.15, 0.2) is 24.3 Å². The summed E-state index contributed by atoms with van der Waals surface area (Å²) >= 11 is 0. The minimum atomic E-state index is -4.41. The first-order valence-electron chi connectivity index (χ1n) is 5.64. The van der Waals surface area contributed by atoms with Crippen LogP contribution >= 0.6 is 0 Å². The summed E-state index contributed by atoms with van der Waals surface area (Å²) in [6.07, 6.45) is -5.61. The molecule has 0 fully saturated rings. The van der Waals surface area contributed by atoms with Crippen molar-refractivity contribution in [3.63, 3.8) is 0 Å². The van der Waals surface area contributed by atoms with Gasteiger partial charge in [0.05, 0.1) is 23.8 Å². The van der Waals surface area contributed by atoms with Gasteiger partial charge >= 0.3 is 6.18 Å². The van der Waals surface area contributed by atoms with Gasteiger partial charge in [0, 0.05) is 13.6 Å². The molecule has 1 aromatic rings. The molecule has 0 heterocycles. The van der Waals surface area contributed by atoms with E-state index in [9.17, 15) is 21.6 Å². The number of benzene rings is 1. The number of rotatable bonds is 5. The van der Waals surface area contributed by atoms with Crippen LogP contribution in [0.3, 0.4) is 0 Å². The highest BCUT2D eigenvalue weighted by atomic mass is 32.2. The van der Waals surface area contributed by atoms with Gasteiger partial charge in [-0.15, -0.1) is 0 Å². The van der Waals surface area contributed by atoms with Crippen LogP contribution in [0.5, 0.6) is 0 Å². The number of nitrogens with zero attached hydrogens (tertiary/aromatic N) is 2. The number of halogens is 3. The Balaban J connectivity index is 2.82. The standard InChI is InChI=1S/C12H13F3N2O2S/c1-17(7-6-12(13,14)15)20(18,19)9-11-5-3-2-4-10(11)8-16/h2-5H,6-7,9H2,1H3. The minimum Gasteiger partial charge on any atom is -0.212 e. The summed E-state index contributed by atoms with van der Waals surface area (Å²) in [5, 5.41) is 8.86. The molecular formula is C12H13F3N2O2S. The van der Waals surface area contributed by atoms with Crippen molar-refractivity contribution >= 4 is 10.0 Å². The van der Waals surface area contributed by atoms with Gasteiger partial charge in [-0.1, -0.05) is 18.2 Å². The maximum absolute atomic E-state index is 12.1. The van der Waals surface area contributed by atoms with Crippen LogP contribution in [-0.2, 0) is 15.8 Å². The number of hydrogen-bond donors (Lipinski definition) is 0. The topological polar surface area (TPSA) is 61.2 Å². The molecule has 0 aliphatic rings. The van der Waals surface area contributed by atoms with E-state index in [1.165, 1.54) is 12.1 Å². The van der Waals surface area contributed by atoms with E-state index in [2.05, 4.69) is 0 Å². The van der Waals surface area contributed by atoms with Crippen molar-refractivity contribution in [2.45, 2.75) is 18.3 Å². The lowest BCUT2D eigenvalue weighted by Crippen LogP contribution is -2.31. The number of nitriles is 1. The lowest BCUT2D eigenvalue weighted by atomic mass is 10.1. The van der Waals surface area contributed by atoms with Crippen LogP contribution in [0.4, 0.5) is 13.2 Å². The fourth-order valence-corrected chi connectivity index (χ4v) is 2.72. The van der Waals surface area contributed by atoms with Crippen molar-refractivity contribution in [2.75, 3.05) is 13.6 Å². The second-order valence-electron chi connectivity index (χ2n) is 4.21. The number of alkyl halides is 3. The molecule has 0 N–H and O–H groups in total. The average Bonchev–Trinajstić information content (AvgIpc) is 2.35. The van der Waals surface area contributed by atoms with E-state index in [-0.39, 0.29) is 11.1 Å². The van der Waals surface area contributed by atoms with Crippen molar-refractivity contribution < 1.29 is 21.6 Å². The zero-order valence-electron chi connectivity index (χ0n) is 10.7. The van der Waals surface area contributed by atoms with E-state index in [0.29, 0.717) is 4.31 Å². The molecule has 110 valence electrons. The summed E-state index contributed by atoms with van der Waals surface area (Å²) in [5.41, 5.74) is 0.467. The van der Waals surface area contributed by atoms with Crippen molar-refractivity contribution in [3.8, 4) is 6.07 Å². The van der Waals surface area contributed by atoms with Gasteiger partial charge in [0.25, 0.3) is 0 Å². The first-order chi connectivity index (χ1) is 9.15. The van der Waals surface area contributed by atoms with E-state index in [1.807, 2.05) is 6.07 Å². The van der Waals surface area contributed by atoms with Crippen molar-refractivity contribution in [2.24, 2.45) is 0 Å². The Kier molecular flexibility index (Phi) is 5.14. The Labute approximate surface area is 115 Å². The lowest BCUT2D eigenvalue weighted by Gasteiger charge is -2.18. The van der Waals surface area contributed by atoms with E-state index < -0.39 is 34.9 Å². The molecule has 0 bridgehead atoms. The summed E-state index contributed by atoms with van der Waals surface area (Å²) in [4.78, 5) is 0. The zero-order valence-corrected chi connectivity index (χ0v) is 11.5. The molecule has 0 unspecified atom stereocenters. The molecule has 0 aliphatic carbocycles. The third kappa shape index (κ3) is 4.83. The van der Waals surface area contributed by atoms with Crippen LogP contribution < -0.4 is 0 Å². The summed E-state index contributed by atoms with van der Waals surface area (Å²) in [5.74, 6) is -0.495. The molecule has 0 amide bonds. The third-order valence-corrected chi connectivity index (χ3v) is 4.47. The van der Waals surface area contributed by atoms with Crippen molar-refractivity contribution in [1.29, 1.82) is 5.26 Å². The normalized spacial score (nSPS) is 12.4. The molecule has 0 saturated carbocycles. The minimum absolute atomic E-state index is 0.195. The van der Waals surface area contributed by atoms with Crippen molar-refractivity contribution in [1.82, 2.24) is 4.31 Å². The van der Waals surface area contributed by atoms with Gasteiger partial charge in [0.15, 0.2) is 0 Å². The maximum Gasteiger partial charge on any atom is 0.390 e. The van der Waals surface area contributed by atoms with Gasteiger partial charge in [-0.25, -0.2) is 12.7 Å². The highest BCUT2D eigenvalue weighted by molar-refractivity contribution is 7.88. The Morgan fingerprint density at radius 2 is 1.90 bits per heavy atom. The Hall–Kier alpha value is -1.59. The molecule has 0 spiro atoms. The van der Waals surface area contributed by atoms with Crippen LogP contribution in [0.1, 0.15) is 17.5 Å². The smallest absolute Gasteiger partial charge is 0.212 e. The zero-order chi connectivity index (χ0) is 15.4. The van der Waals surface area contributed by atoms with Crippen LogP contribution in [-0.4, -0.2) is 32.5 Å². The summed E-state index contributed by atoms with van der Waals surface area (Å²) in [7, 11) is -2.79. The Bertz CT molecular complexity index is 606. The van der Waals surface area contributed by atoms with E-state index >= 15 is 0 Å². The molecule has 1 aromatic carbocycles. The quantitative estimate of drug-likeness (QED) is 0.838. The fourth-order valence-electron chi connectivity index (χ4n) is 1.49. The maximum atomic E-state index is 12.1.